The van der Waals surface area contributed by atoms with Crippen molar-refractivity contribution in [3.8, 4) is 0 Å². The van der Waals surface area contributed by atoms with Gasteiger partial charge in [-0.2, -0.15) is 0 Å². The van der Waals surface area contributed by atoms with Crippen molar-refractivity contribution in [2.24, 2.45) is 11.5 Å². The van der Waals surface area contributed by atoms with Gasteiger partial charge in [0.05, 0.1) is 11.5 Å². The minimum Gasteiger partial charge on any atom is -0.389 e. The number of carbonyl (C=O) groups excluding carboxylic acids is 1. The maximum absolute atomic E-state index is 12.1. The molecule has 0 aliphatic carbocycles. The first kappa shape index (κ1) is 17.5. The zero-order chi connectivity index (χ0) is 16.0. The van der Waals surface area contributed by atoms with E-state index in [0.717, 1.165) is 0 Å². The molecule has 0 aliphatic heterocycles. The summed E-state index contributed by atoms with van der Waals surface area (Å²) in [6.07, 6.45) is 0. The van der Waals surface area contributed by atoms with E-state index in [1.807, 2.05) is 0 Å². The molecule has 0 fully saturated rings. The molecule has 7 nitrogen and oxygen atoms in total. The van der Waals surface area contributed by atoms with Gasteiger partial charge in [0.2, 0.25) is 15.9 Å². The molecular weight excluding hydrogens is 314 g/mol. The highest BCUT2D eigenvalue weighted by atomic mass is 32.2. The summed E-state index contributed by atoms with van der Waals surface area (Å²) in [4.78, 5) is 10.8. The van der Waals surface area contributed by atoms with Crippen LogP contribution in [0.25, 0.3) is 0 Å². The van der Waals surface area contributed by atoms with Crippen molar-refractivity contribution in [2.75, 3.05) is 19.8 Å². The average Bonchev–Trinajstić information content (AvgIpc) is 2.37. The topological polar surface area (TPSA) is 125 Å². The number of thiocarbonyl (C=S) groups is 1. The van der Waals surface area contributed by atoms with Crippen LogP contribution in [0.15, 0.2) is 23.1 Å². The summed E-state index contributed by atoms with van der Waals surface area (Å²) in [7, 11) is -3.66. The third kappa shape index (κ3) is 5.38. The van der Waals surface area contributed by atoms with Crippen molar-refractivity contribution in [3.63, 3.8) is 0 Å². The monoisotopic (exact) mass is 331 g/mol. The summed E-state index contributed by atoms with van der Waals surface area (Å²) in [6, 6.07) is 4.60. The van der Waals surface area contributed by atoms with Gasteiger partial charge in [-0.05, 0) is 24.6 Å². The third-order valence-corrected chi connectivity index (χ3v) is 4.39. The normalized spacial score (nSPS) is 11.3. The van der Waals surface area contributed by atoms with Crippen LogP contribution in [-0.2, 0) is 19.6 Å². The number of primary amides is 1. The number of rotatable bonds is 8. The fourth-order valence-corrected chi connectivity index (χ4v) is 2.97. The molecule has 0 heterocycles. The van der Waals surface area contributed by atoms with Gasteiger partial charge in [-0.25, -0.2) is 13.1 Å². The number of nitrogens with two attached hydrogens (primary N) is 2. The molecule has 1 rings (SSSR count). The number of sulfonamides is 1. The van der Waals surface area contributed by atoms with Gasteiger partial charge in [-0.3, -0.25) is 4.79 Å². The molecule has 1 aromatic rings. The summed E-state index contributed by atoms with van der Waals surface area (Å²) in [6.45, 7) is 1.49. The molecule has 0 radical (unpaired) electrons. The maximum atomic E-state index is 12.1. The van der Waals surface area contributed by atoms with Crippen molar-refractivity contribution >= 4 is 33.1 Å². The Morgan fingerprint density at radius 3 is 2.57 bits per heavy atom. The molecular formula is C12H17N3O4S2. The van der Waals surface area contributed by atoms with Gasteiger partial charge >= 0.3 is 0 Å². The zero-order valence-corrected chi connectivity index (χ0v) is 13.1. The molecule has 0 aliphatic rings. The molecule has 21 heavy (non-hydrogen) atoms. The highest BCUT2D eigenvalue weighted by Gasteiger charge is 2.16. The number of aryl methyl sites for hydroxylation is 1. The Bertz CT molecular complexity index is 644. The summed E-state index contributed by atoms with van der Waals surface area (Å²) < 4.78 is 31.5. The molecule has 9 heteroatoms. The van der Waals surface area contributed by atoms with E-state index in [0.29, 0.717) is 11.1 Å². The van der Waals surface area contributed by atoms with Crippen molar-refractivity contribution < 1.29 is 17.9 Å². The molecule has 0 aromatic heterocycles. The van der Waals surface area contributed by atoms with Gasteiger partial charge in [-0.1, -0.05) is 18.3 Å². The van der Waals surface area contributed by atoms with Crippen LogP contribution in [0.2, 0.25) is 0 Å². The van der Waals surface area contributed by atoms with Crippen LogP contribution < -0.4 is 16.2 Å². The first-order valence-corrected chi connectivity index (χ1v) is 7.89. The van der Waals surface area contributed by atoms with E-state index in [1.54, 1.807) is 19.1 Å². The molecule has 0 bridgehead atoms. The Morgan fingerprint density at radius 2 is 2.05 bits per heavy atom. The lowest BCUT2D eigenvalue weighted by atomic mass is 10.1. The highest BCUT2D eigenvalue weighted by Crippen LogP contribution is 2.16. The predicted molar refractivity (Wildman–Crippen MR) is 82.3 cm³/mol. The number of carbonyl (C=O) groups is 1. The van der Waals surface area contributed by atoms with Crippen molar-refractivity contribution in [2.45, 2.75) is 11.8 Å². The Labute approximate surface area is 128 Å². The van der Waals surface area contributed by atoms with E-state index in [2.05, 4.69) is 4.72 Å². The Kier molecular flexibility index (Phi) is 6.21. The minimum atomic E-state index is -3.66. The largest absolute Gasteiger partial charge is 0.389 e. The fraction of sp³-hybridized carbons (Fsp3) is 0.333. The molecule has 1 aromatic carbocycles. The molecule has 0 saturated carbocycles. The maximum Gasteiger partial charge on any atom is 0.243 e. The second-order valence-electron chi connectivity index (χ2n) is 4.26. The second kappa shape index (κ2) is 7.46. The molecule has 0 unspecified atom stereocenters. The molecule has 0 spiro atoms. The van der Waals surface area contributed by atoms with Crippen LogP contribution in [0.4, 0.5) is 0 Å². The number of hydrogen-bond acceptors (Lipinski definition) is 5. The standard InChI is InChI=1S/C12H17N3O4S2/c1-8-6-9(12(14)20)2-3-10(8)21(17,18)15-4-5-19-7-11(13)16/h2-3,6,15H,4-5,7H2,1H3,(H2,13,16)(H2,14,20). The molecule has 0 saturated heterocycles. The van der Waals surface area contributed by atoms with Crippen LogP contribution >= 0.6 is 12.2 Å². The van der Waals surface area contributed by atoms with E-state index in [-0.39, 0.29) is 29.6 Å². The van der Waals surface area contributed by atoms with Crippen LogP contribution in [0, 0.1) is 6.92 Å². The SMILES string of the molecule is Cc1cc(C(N)=S)ccc1S(=O)(=O)NCCOCC(N)=O. The number of hydrogen-bond donors (Lipinski definition) is 3. The zero-order valence-electron chi connectivity index (χ0n) is 11.5. The van der Waals surface area contributed by atoms with Crippen LogP contribution in [-0.4, -0.2) is 39.1 Å². The van der Waals surface area contributed by atoms with E-state index < -0.39 is 15.9 Å². The molecule has 0 atom stereocenters. The smallest absolute Gasteiger partial charge is 0.243 e. The summed E-state index contributed by atoms with van der Waals surface area (Å²) in [5.74, 6) is -0.609. The predicted octanol–water partition coefficient (Wildman–Crippen LogP) is -0.591. The van der Waals surface area contributed by atoms with Gasteiger partial charge in [0.25, 0.3) is 0 Å². The Balaban J connectivity index is 2.70. The van der Waals surface area contributed by atoms with Gasteiger partial charge in [0.15, 0.2) is 0 Å². The number of nitrogens with one attached hydrogen (secondary N) is 1. The summed E-state index contributed by atoms with van der Waals surface area (Å²) in [5, 5.41) is 0. The van der Waals surface area contributed by atoms with Crippen molar-refractivity contribution in [3.05, 3.63) is 29.3 Å². The molecule has 1 amide bonds. The number of benzene rings is 1. The molecule has 5 N–H and O–H groups in total. The first-order chi connectivity index (χ1) is 9.74. The Morgan fingerprint density at radius 1 is 1.38 bits per heavy atom. The van der Waals surface area contributed by atoms with Crippen LogP contribution in [0.5, 0.6) is 0 Å². The molecule has 116 valence electrons. The van der Waals surface area contributed by atoms with Gasteiger partial charge in [-0.15, -0.1) is 0 Å². The van der Waals surface area contributed by atoms with Crippen molar-refractivity contribution in [1.29, 1.82) is 0 Å². The second-order valence-corrected chi connectivity index (χ2v) is 6.44. The lowest BCUT2D eigenvalue weighted by Crippen LogP contribution is -2.29. The Hall–Kier alpha value is -1.55. The summed E-state index contributed by atoms with van der Waals surface area (Å²) in [5.41, 5.74) is 11.5. The fourth-order valence-electron chi connectivity index (χ4n) is 1.60. The minimum absolute atomic E-state index is 0.0338. The highest BCUT2D eigenvalue weighted by molar-refractivity contribution is 7.89. The summed E-state index contributed by atoms with van der Waals surface area (Å²) >= 11 is 4.84. The van der Waals surface area contributed by atoms with E-state index in [1.165, 1.54) is 6.07 Å². The van der Waals surface area contributed by atoms with Crippen LogP contribution in [0.3, 0.4) is 0 Å². The van der Waals surface area contributed by atoms with E-state index in [4.69, 9.17) is 28.4 Å². The van der Waals surface area contributed by atoms with Crippen LogP contribution in [0.1, 0.15) is 11.1 Å². The quantitative estimate of drug-likeness (QED) is 0.432. The lowest BCUT2D eigenvalue weighted by molar-refractivity contribution is -0.122. The van der Waals surface area contributed by atoms with Gasteiger partial charge in [0.1, 0.15) is 11.6 Å². The van der Waals surface area contributed by atoms with Gasteiger partial charge in [0, 0.05) is 12.1 Å². The van der Waals surface area contributed by atoms with E-state index in [9.17, 15) is 13.2 Å². The third-order valence-electron chi connectivity index (χ3n) is 2.53. The number of ether oxygens (including phenoxy) is 1. The lowest BCUT2D eigenvalue weighted by Gasteiger charge is -2.10. The number of amides is 1. The first-order valence-electron chi connectivity index (χ1n) is 6.00. The van der Waals surface area contributed by atoms with E-state index >= 15 is 0 Å². The average molecular weight is 331 g/mol. The van der Waals surface area contributed by atoms with Crippen molar-refractivity contribution in [1.82, 2.24) is 4.72 Å². The van der Waals surface area contributed by atoms with Gasteiger partial charge < -0.3 is 16.2 Å².